The molecule has 2 N–H and O–H groups in total. The van der Waals surface area contributed by atoms with Crippen molar-refractivity contribution >= 4 is 5.78 Å². The van der Waals surface area contributed by atoms with Crippen LogP contribution in [-0.2, 0) is 0 Å². The Morgan fingerprint density at radius 3 is 2.44 bits per heavy atom. The number of hydrogen-bond acceptors (Lipinski definition) is 2. The summed E-state index contributed by atoms with van der Waals surface area (Å²) in [5.74, 6) is 0.680. The third kappa shape index (κ3) is 2.64. The molecule has 98 valence electrons. The van der Waals surface area contributed by atoms with Gasteiger partial charge in [-0.2, -0.15) is 0 Å². The molecule has 2 heteroatoms. The normalized spacial score (nSPS) is 28.1. The Morgan fingerprint density at radius 1 is 1.28 bits per heavy atom. The number of rotatable bonds is 2. The van der Waals surface area contributed by atoms with Crippen LogP contribution < -0.4 is 5.73 Å². The number of aryl methyl sites for hydroxylation is 2. The Kier molecular flexibility index (Phi) is 3.58. The second-order valence-corrected chi connectivity index (χ2v) is 6.06. The average Bonchev–Trinajstić information content (AvgIpc) is 2.26. The Morgan fingerprint density at radius 2 is 1.89 bits per heavy atom. The summed E-state index contributed by atoms with van der Waals surface area (Å²) < 4.78 is 0. The third-order valence-electron chi connectivity index (χ3n) is 3.97. The van der Waals surface area contributed by atoms with Crippen molar-refractivity contribution in [1.82, 2.24) is 0 Å². The maximum Gasteiger partial charge on any atom is 0.182 e. The second-order valence-electron chi connectivity index (χ2n) is 6.06. The Hall–Kier alpha value is -1.15. The van der Waals surface area contributed by atoms with Crippen molar-refractivity contribution in [3.8, 4) is 0 Å². The molecule has 0 saturated heterocycles. The zero-order valence-corrected chi connectivity index (χ0v) is 11.6. The summed E-state index contributed by atoms with van der Waals surface area (Å²) in [7, 11) is 0. The van der Waals surface area contributed by atoms with Crippen LogP contribution in [0.3, 0.4) is 0 Å². The lowest BCUT2D eigenvalue weighted by Crippen LogP contribution is -2.51. The van der Waals surface area contributed by atoms with Crippen molar-refractivity contribution in [3.63, 3.8) is 0 Å². The van der Waals surface area contributed by atoms with E-state index in [4.69, 9.17) is 5.73 Å². The molecule has 1 saturated carbocycles. The van der Waals surface area contributed by atoms with Gasteiger partial charge in [-0.05, 0) is 44.7 Å². The van der Waals surface area contributed by atoms with Gasteiger partial charge in [0.15, 0.2) is 5.78 Å². The molecule has 2 nitrogen and oxygen atoms in total. The molecule has 1 aromatic rings. The number of benzene rings is 1. The van der Waals surface area contributed by atoms with Gasteiger partial charge in [-0.25, -0.2) is 0 Å². The number of Topliss-reactive ketones (excluding diaryl/α,β-unsaturated/α-hetero) is 1. The van der Waals surface area contributed by atoms with Crippen LogP contribution in [0.2, 0.25) is 0 Å². The fraction of sp³-hybridized carbons (Fsp3) is 0.562. The highest BCUT2D eigenvalue weighted by atomic mass is 16.1. The highest BCUT2D eigenvalue weighted by molar-refractivity contribution is 6.03. The summed E-state index contributed by atoms with van der Waals surface area (Å²) in [6, 6.07) is 6.01. The van der Waals surface area contributed by atoms with Crippen molar-refractivity contribution in [2.45, 2.75) is 52.0 Å². The summed E-state index contributed by atoms with van der Waals surface area (Å²) in [5, 5.41) is 0. The molecule has 2 atom stereocenters. The molecular weight excluding hydrogens is 222 g/mol. The highest BCUT2D eigenvalue weighted by Crippen LogP contribution is 2.33. The van der Waals surface area contributed by atoms with Crippen LogP contribution in [0.5, 0.6) is 0 Å². The fourth-order valence-corrected chi connectivity index (χ4v) is 3.19. The van der Waals surface area contributed by atoms with E-state index < -0.39 is 5.54 Å². The van der Waals surface area contributed by atoms with E-state index >= 15 is 0 Å². The number of ketones is 1. The highest BCUT2D eigenvalue weighted by Gasteiger charge is 2.38. The molecule has 0 heterocycles. The Balaban J connectivity index is 2.29. The van der Waals surface area contributed by atoms with Crippen molar-refractivity contribution in [1.29, 1.82) is 0 Å². The predicted octanol–water partition coefficient (Wildman–Crippen LogP) is 3.39. The molecule has 2 rings (SSSR count). The molecule has 0 aliphatic heterocycles. The van der Waals surface area contributed by atoms with Crippen LogP contribution in [0.1, 0.15) is 54.1 Å². The van der Waals surface area contributed by atoms with E-state index in [1.807, 2.05) is 26.0 Å². The first-order chi connectivity index (χ1) is 8.40. The van der Waals surface area contributed by atoms with Crippen LogP contribution in [0.4, 0.5) is 0 Å². The van der Waals surface area contributed by atoms with Gasteiger partial charge in [0.05, 0.1) is 5.54 Å². The zero-order chi connectivity index (χ0) is 13.3. The van der Waals surface area contributed by atoms with Crippen molar-refractivity contribution < 1.29 is 4.79 Å². The topological polar surface area (TPSA) is 43.1 Å². The van der Waals surface area contributed by atoms with Crippen LogP contribution >= 0.6 is 0 Å². The lowest BCUT2D eigenvalue weighted by Gasteiger charge is -2.35. The van der Waals surface area contributed by atoms with Gasteiger partial charge >= 0.3 is 0 Å². The quantitative estimate of drug-likeness (QED) is 0.812. The molecule has 18 heavy (non-hydrogen) atoms. The molecular formula is C16H23NO. The van der Waals surface area contributed by atoms with Crippen molar-refractivity contribution in [2.24, 2.45) is 11.7 Å². The smallest absolute Gasteiger partial charge is 0.182 e. The van der Waals surface area contributed by atoms with E-state index in [0.29, 0.717) is 5.92 Å². The van der Waals surface area contributed by atoms with E-state index in [0.717, 1.165) is 36.0 Å². The van der Waals surface area contributed by atoms with Crippen LogP contribution in [0, 0.1) is 19.8 Å². The molecule has 0 bridgehead atoms. The first kappa shape index (κ1) is 13.3. The van der Waals surface area contributed by atoms with E-state index in [2.05, 4.69) is 13.0 Å². The van der Waals surface area contributed by atoms with Gasteiger partial charge in [-0.3, -0.25) is 4.79 Å². The maximum absolute atomic E-state index is 12.6. The summed E-state index contributed by atoms with van der Waals surface area (Å²) in [5.41, 5.74) is 8.78. The summed E-state index contributed by atoms with van der Waals surface area (Å²) in [6.07, 6.45) is 3.90. The minimum atomic E-state index is -0.641. The molecule has 1 aliphatic rings. The van der Waals surface area contributed by atoms with Crippen molar-refractivity contribution in [2.75, 3.05) is 0 Å². The summed E-state index contributed by atoms with van der Waals surface area (Å²) >= 11 is 0. The first-order valence-electron chi connectivity index (χ1n) is 6.83. The van der Waals surface area contributed by atoms with Gasteiger partial charge in [-0.15, -0.1) is 0 Å². The van der Waals surface area contributed by atoms with Crippen molar-refractivity contribution in [3.05, 3.63) is 34.9 Å². The molecule has 1 fully saturated rings. The van der Waals surface area contributed by atoms with E-state index in [9.17, 15) is 4.79 Å². The summed E-state index contributed by atoms with van der Waals surface area (Å²) in [6.45, 7) is 6.24. The van der Waals surface area contributed by atoms with E-state index in [-0.39, 0.29) is 5.78 Å². The minimum absolute atomic E-state index is 0.126. The second kappa shape index (κ2) is 4.85. The number of hydrogen-bond donors (Lipinski definition) is 1. The molecule has 1 aromatic carbocycles. The number of carbonyl (C=O) groups is 1. The lowest BCUT2D eigenvalue weighted by molar-refractivity contribution is 0.0819. The SMILES string of the molecule is Cc1cc(C)cc(C(=O)C2(N)CCCC(C)C2)c1. The van der Waals surface area contributed by atoms with Gasteiger partial charge < -0.3 is 5.73 Å². The fourth-order valence-electron chi connectivity index (χ4n) is 3.19. The van der Waals surface area contributed by atoms with Crippen LogP contribution in [-0.4, -0.2) is 11.3 Å². The van der Waals surface area contributed by atoms with E-state index in [1.54, 1.807) is 0 Å². The van der Waals surface area contributed by atoms with Gasteiger partial charge in [0, 0.05) is 5.56 Å². The molecule has 0 spiro atoms. The predicted molar refractivity (Wildman–Crippen MR) is 74.8 cm³/mol. The molecule has 1 aliphatic carbocycles. The van der Waals surface area contributed by atoms with Gasteiger partial charge in [0.2, 0.25) is 0 Å². The number of carbonyl (C=O) groups excluding carboxylic acids is 1. The summed E-state index contributed by atoms with van der Waals surface area (Å²) in [4.78, 5) is 12.6. The first-order valence-corrected chi connectivity index (χ1v) is 6.83. The molecule has 0 aromatic heterocycles. The molecule has 0 radical (unpaired) electrons. The maximum atomic E-state index is 12.6. The minimum Gasteiger partial charge on any atom is -0.319 e. The van der Waals surface area contributed by atoms with Gasteiger partial charge in [0.25, 0.3) is 0 Å². The Labute approximate surface area is 110 Å². The largest absolute Gasteiger partial charge is 0.319 e. The Bertz CT molecular complexity index is 446. The molecule has 0 amide bonds. The van der Waals surface area contributed by atoms with E-state index in [1.165, 1.54) is 6.42 Å². The third-order valence-corrected chi connectivity index (χ3v) is 3.97. The monoisotopic (exact) mass is 245 g/mol. The van der Waals surface area contributed by atoms with Crippen LogP contribution in [0.25, 0.3) is 0 Å². The van der Waals surface area contributed by atoms with Gasteiger partial charge in [-0.1, -0.05) is 37.0 Å². The zero-order valence-electron chi connectivity index (χ0n) is 11.6. The van der Waals surface area contributed by atoms with Gasteiger partial charge in [0.1, 0.15) is 0 Å². The lowest BCUT2D eigenvalue weighted by atomic mass is 9.73. The standard InChI is InChI=1S/C16H23NO/c1-11-5-4-6-16(17,10-11)15(18)14-8-12(2)7-13(3)9-14/h7-9,11H,4-6,10,17H2,1-3H3. The van der Waals surface area contributed by atoms with Crippen LogP contribution in [0.15, 0.2) is 18.2 Å². The number of nitrogens with two attached hydrogens (primary N) is 1. The average molecular weight is 245 g/mol. The molecule has 2 unspecified atom stereocenters.